The number of hydrogen-bond donors (Lipinski definition) is 1. The Balaban J connectivity index is 0.000000241. The molecule has 0 bridgehead atoms. The summed E-state index contributed by atoms with van der Waals surface area (Å²) in [6, 6.07) is 0. The molecule has 0 unspecified atom stereocenters. The maximum Gasteiger partial charge on any atom is 0.490 e. The first-order chi connectivity index (χ1) is 6.38. The normalized spacial score (nSPS) is 15.8. The van der Waals surface area contributed by atoms with E-state index in [1.165, 1.54) is 12.8 Å². The van der Waals surface area contributed by atoms with Crippen molar-refractivity contribution in [2.75, 3.05) is 13.1 Å². The number of aliphatic carboxylic acids is 1. The molecule has 14 heavy (non-hydrogen) atoms. The average molecular weight is 213 g/mol. The summed E-state index contributed by atoms with van der Waals surface area (Å²) in [5.74, 6) is -2.76. The van der Waals surface area contributed by atoms with E-state index < -0.39 is 12.1 Å². The molecule has 0 aromatic heterocycles. The summed E-state index contributed by atoms with van der Waals surface area (Å²) in [5.41, 5.74) is 0. The molecular formula is C7H10F3NO3. The van der Waals surface area contributed by atoms with Crippen LogP contribution in [0.15, 0.2) is 0 Å². The maximum absolute atomic E-state index is 10.6. The van der Waals surface area contributed by atoms with Crippen LogP contribution >= 0.6 is 0 Å². The third-order valence-electron chi connectivity index (χ3n) is 1.53. The molecule has 0 aromatic carbocycles. The highest BCUT2D eigenvalue weighted by Crippen LogP contribution is 2.13. The third kappa shape index (κ3) is 5.39. The fraction of sp³-hybridized carbons (Fsp3) is 0.714. The second-order valence-electron chi connectivity index (χ2n) is 2.65. The topological polar surface area (TPSA) is 57.6 Å². The van der Waals surface area contributed by atoms with Crippen LogP contribution in [0.4, 0.5) is 13.2 Å². The van der Waals surface area contributed by atoms with Crippen molar-refractivity contribution >= 4 is 12.4 Å². The van der Waals surface area contributed by atoms with Crippen molar-refractivity contribution in [1.29, 1.82) is 0 Å². The number of halogens is 3. The summed E-state index contributed by atoms with van der Waals surface area (Å²) in [7, 11) is 0. The molecule has 1 saturated heterocycles. The van der Waals surface area contributed by atoms with Gasteiger partial charge in [0.05, 0.1) is 0 Å². The zero-order chi connectivity index (χ0) is 11.2. The highest BCUT2D eigenvalue weighted by Gasteiger charge is 2.38. The molecule has 7 heteroatoms. The molecule has 1 N–H and O–H groups in total. The summed E-state index contributed by atoms with van der Waals surface area (Å²) >= 11 is 0. The van der Waals surface area contributed by atoms with E-state index in [-0.39, 0.29) is 0 Å². The monoisotopic (exact) mass is 213 g/mol. The molecule has 1 aliphatic rings. The number of nitrogens with zero attached hydrogens (tertiary/aromatic N) is 1. The van der Waals surface area contributed by atoms with E-state index in [4.69, 9.17) is 9.90 Å². The van der Waals surface area contributed by atoms with Crippen molar-refractivity contribution in [3.05, 3.63) is 0 Å². The Labute approximate surface area is 78.3 Å². The molecule has 4 nitrogen and oxygen atoms in total. The van der Waals surface area contributed by atoms with Gasteiger partial charge in [-0.2, -0.15) is 13.2 Å². The Hall–Kier alpha value is -1.27. The van der Waals surface area contributed by atoms with Crippen molar-refractivity contribution in [2.45, 2.75) is 19.0 Å². The van der Waals surface area contributed by atoms with Gasteiger partial charge in [0.15, 0.2) is 0 Å². The molecule has 1 rings (SSSR count). The first-order valence-corrected chi connectivity index (χ1v) is 3.87. The highest BCUT2D eigenvalue weighted by molar-refractivity contribution is 5.73. The Kier molecular flexibility index (Phi) is 4.96. The summed E-state index contributed by atoms with van der Waals surface area (Å²) in [6.07, 6.45) is -1.77. The van der Waals surface area contributed by atoms with Gasteiger partial charge in [-0.3, -0.25) is 4.79 Å². The summed E-state index contributed by atoms with van der Waals surface area (Å²) in [4.78, 5) is 20.6. The van der Waals surface area contributed by atoms with Gasteiger partial charge in [-0.15, -0.1) is 0 Å². The minimum Gasteiger partial charge on any atom is -0.475 e. The summed E-state index contributed by atoms with van der Waals surface area (Å²) in [5, 5.41) is 7.12. The lowest BCUT2D eigenvalue weighted by atomic mass is 10.4. The van der Waals surface area contributed by atoms with Crippen LogP contribution in [0.25, 0.3) is 0 Å². The Morgan fingerprint density at radius 2 is 1.64 bits per heavy atom. The van der Waals surface area contributed by atoms with E-state index in [1.807, 2.05) is 0 Å². The predicted octanol–water partition coefficient (Wildman–Crippen LogP) is 0.872. The number of carbonyl (C=O) groups excluding carboxylic acids is 1. The number of likely N-dealkylation sites (tertiary alicyclic amines) is 1. The van der Waals surface area contributed by atoms with Crippen LogP contribution in [0.2, 0.25) is 0 Å². The number of carboxylic acids is 1. The van der Waals surface area contributed by atoms with Crippen molar-refractivity contribution in [3.8, 4) is 0 Å². The van der Waals surface area contributed by atoms with Gasteiger partial charge in [0.2, 0.25) is 6.41 Å². The van der Waals surface area contributed by atoms with E-state index in [9.17, 15) is 18.0 Å². The summed E-state index contributed by atoms with van der Waals surface area (Å²) in [6.45, 7) is 1.95. The Morgan fingerprint density at radius 1 is 1.29 bits per heavy atom. The molecule has 0 saturated carbocycles. The predicted molar refractivity (Wildman–Crippen MR) is 40.6 cm³/mol. The minimum absolute atomic E-state index is 0.924. The van der Waals surface area contributed by atoms with Gasteiger partial charge in [0, 0.05) is 13.1 Å². The van der Waals surface area contributed by atoms with Crippen molar-refractivity contribution in [1.82, 2.24) is 4.90 Å². The van der Waals surface area contributed by atoms with Crippen LogP contribution in [0.1, 0.15) is 12.8 Å². The van der Waals surface area contributed by atoms with E-state index in [2.05, 4.69) is 0 Å². The zero-order valence-electron chi connectivity index (χ0n) is 7.25. The number of carbonyl (C=O) groups is 2. The number of carboxylic acid groups (broad SMARTS) is 1. The molecule has 82 valence electrons. The van der Waals surface area contributed by atoms with Gasteiger partial charge in [0.25, 0.3) is 0 Å². The van der Waals surface area contributed by atoms with Gasteiger partial charge in [-0.05, 0) is 12.8 Å². The average Bonchev–Trinajstić information content (AvgIpc) is 2.54. The molecular weight excluding hydrogens is 203 g/mol. The quantitative estimate of drug-likeness (QED) is 0.657. The fourth-order valence-electron chi connectivity index (χ4n) is 0.847. The van der Waals surface area contributed by atoms with Crippen LogP contribution in [-0.4, -0.2) is 41.7 Å². The molecule has 0 radical (unpaired) electrons. The van der Waals surface area contributed by atoms with Gasteiger partial charge in [-0.1, -0.05) is 0 Å². The Bertz CT molecular complexity index is 199. The van der Waals surface area contributed by atoms with Crippen LogP contribution < -0.4 is 0 Å². The van der Waals surface area contributed by atoms with Crippen LogP contribution in [0.5, 0.6) is 0 Å². The second kappa shape index (κ2) is 5.46. The Morgan fingerprint density at radius 3 is 1.79 bits per heavy atom. The van der Waals surface area contributed by atoms with E-state index in [0.29, 0.717) is 0 Å². The van der Waals surface area contributed by atoms with Gasteiger partial charge >= 0.3 is 12.1 Å². The van der Waals surface area contributed by atoms with Crippen molar-refractivity contribution in [2.24, 2.45) is 0 Å². The molecule has 0 aromatic rings. The lowest BCUT2D eigenvalue weighted by Gasteiger charge is -2.03. The number of amides is 1. The van der Waals surface area contributed by atoms with Crippen LogP contribution in [0, 0.1) is 0 Å². The van der Waals surface area contributed by atoms with E-state index in [1.54, 1.807) is 4.90 Å². The second-order valence-corrected chi connectivity index (χ2v) is 2.65. The highest BCUT2D eigenvalue weighted by atomic mass is 19.4. The molecule has 1 amide bonds. The van der Waals surface area contributed by atoms with Gasteiger partial charge in [0.1, 0.15) is 0 Å². The third-order valence-corrected chi connectivity index (χ3v) is 1.53. The van der Waals surface area contributed by atoms with Crippen LogP contribution in [0.3, 0.4) is 0 Å². The molecule has 1 aliphatic heterocycles. The van der Waals surface area contributed by atoms with Gasteiger partial charge in [-0.25, -0.2) is 4.79 Å². The van der Waals surface area contributed by atoms with Gasteiger partial charge < -0.3 is 10.0 Å². The first-order valence-electron chi connectivity index (χ1n) is 3.87. The number of rotatable bonds is 1. The van der Waals surface area contributed by atoms with Crippen molar-refractivity contribution in [3.63, 3.8) is 0 Å². The molecule has 0 aliphatic carbocycles. The first kappa shape index (κ1) is 12.7. The lowest BCUT2D eigenvalue weighted by molar-refractivity contribution is -0.192. The molecule has 0 atom stereocenters. The van der Waals surface area contributed by atoms with E-state index in [0.717, 1.165) is 19.5 Å². The standard InChI is InChI=1S/C5H9NO.C2HF3O2/c7-5-6-3-1-2-4-6;3-2(4,5)1(6)7/h5H,1-4H2;(H,6,7). The largest absolute Gasteiger partial charge is 0.490 e. The lowest BCUT2D eigenvalue weighted by Crippen LogP contribution is -2.21. The summed E-state index contributed by atoms with van der Waals surface area (Å²) < 4.78 is 31.7. The molecule has 1 heterocycles. The molecule has 0 spiro atoms. The number of hydrogen-bond acceptors (Lipinski definition) is 2. The molecule has 1 fully saturated rings. The maximum atomic E-state index is 10.6. The minimum atomic E-state index is -5.08. The smallest absolute Gasteiger partial charge is 0.475 e. The zero-order valence-corrected chi connectivity index (χ0v) is 7.25. The fourth-order valence-corrected chi connectivity index (χ4v) is 0.847. The number of alkyl halides is 3. The van der Waals surface area contributed by atoms with Crippen LogP contribution in [-0.2, 0) is 9.59 Å². The van der Waals surface area contributed by atoms with E-state index >= 15 is 0 Å². The van der Waals surface area contributed by atoms with Crippen molar-refractivity contribution < 1.29 is 27.9 Å². The SMILES string of the molecule is O=C(O)C(F)(F)F.O=CN1CCCC1.